The van der Waals surface area contributed by atoms with Crippen molar-refractivity contribution in [3.8, 4) is 11.5 Å². The first kappa shape index (κ1) is 22.7. The summed E-state index contributed by atoms with van der Waals surface area (Å²) in [5.41, 5.74) is 0.862. The molecule has 0 saturated heterocycles. The summed E-state index contributed by atoms with van der Waals surface area (Å²) >= 11 is 1.38. The molecule has 3 rings (SSSR count). The van der Waals surface area contributed by atoms with E-state index in [-0.39, 0.29) is 23.8 Å². The molecule has 31 heavy (non-hydrogen) atoms. The first-order valence-electron chi connectivity index (χ1n) is 10.1. The predicted octanol–water partition coefficient (Wildman–Crippen LogP) is 4.76. The lowest BCUT2D eigenvalue weighted by atomic mass is 10.3. The minimum Gasteiger partial charge on any atom is -0.497 e. The van der Waals surface area contributed by atoms with Crippen molar-refractivity contribution in [3.05, 3.63) is 60.4 Å². The first-order valence-corrected chi connectivity index (χ1v) is 11.1. The van der Waals surface area contributed by atoms with Gasteiger partial charge in [-0.15, -0.1) is 10.2 Å². The molecule has 0 saturated carbocycles. The largest absolute Gasteiger partial charge is 0.497 e. The zero-order valence-corrected chi connectivity index (χ0v) is 19.3. The first-order chi connectivity index (χ1) is 14.9. The Balaban J connectivity index is 1.70. The molecule has 8 heteroatoms. The Hall–Kier alpha value is -3.00. The quantitative estimate of drug-likeness (QED) is 0.447. The van der Waals surface area contributed by atoms with Crippen LogP contribution in [0.2, 0.25) is 0 Å². The van der Waals surface area contributed by atoms with Crippen molar-refractivity contribution in [1.29, 1.82) is 0 Å². The lowest BCUT2D eigenvalue weighted by molar-refractivity contribution is -0.115. The minimum atomic E-state index is -0.305. The summed E-state index contributed by atoms with van der Waals surface area (Å²) < 4.78 is 13.3. The van der Waals surface area contributed by atoms with Crippen molar-refractivity contribution < 1.29 is 14.3 Å². The molecule has 0 bridgehead atoms. The Morgan fingerprint density at radius 3 is 2.29 bits per heavy atom. The van der Waals surface area contributed by atoms with Crippen molar-refractivity contribution in [2.24, 2.45) is 0 Å². The number of hydrogen-bond acceptors (Lipinski definition) is 6. The standard InChI is InChI=1S/C23H28N4O3S/c1-16(2)27-22(17(3)30-20-13-11-19(29-5)12-14-20)24-25-23(27)31-15-21(28)26(4)18-9-7-6-8-10-18/h6-14,16-17H,15H2,1-5H3. The fraction of sp³-hybridized carbons (Fsp3) is 0.348. The SMILES string of the molecule is COc1ccc(OC(C)c2nnc(SCC(=O)N(C)c3ccccc3)n2C(C)C)cc1. The van der Waals surface area contributed by atoms with E-state index in [0.717, 1.165) is 23.0 Å². The number of benzene rings is 2. The zero-order valence-electron chi connectivity index (χ0n) is 18.5. The van der Waals surface area contributed by atoms with Gasteiger partial charge in [0.05, 0.1) is 12.9 Å². The second kappa shape index (κ2) is 10.3. The van der Waals surface area contributed by atoms with Crippen LogP contribution in [-0.2, 0) is 4.79 Å². The molecule has 3 aromatic rings. The monoisotopic (exact) mass is 440 g/mol. The summed E-state index contributed by atoms with van der Waals surface area (Å²) in [5.74, 6) is 2.48. The van der Waals surface area contributed by atoms with Gasteiger partial charge in [0.15, 0.2) is 17.1 Å². The molecule has 1 unspecified atom stereocenters. The van der Waals surface area contributed by atoms with Gasteiger partial charge in [-0.25, -0.2) is 0 Å². The zero-order chi connectivity index (χ0) is 22.4. The van der Waals surface area contributed by atoms with Crippen LogP contribution in [0, 0.1) is 0 Å². The summed E-state index contributed by atoms with van der Waals surface area (Å²) in [4.78, 5) is 14.3. The highest BCUT2D eigenvalue weighted by Crippen LogP contribution is 2.28. The van der Waals surface area contributed by atoms with Crippen molar-refractivity contribution in [1.82, 2.24) is 14.8 Å². The van der Waals surface area contributed by atoms with E-state index in [0.29, 0.717) is 5.16 Å². The van der Waals surface area contributed by atoms with Gasteiger partial charge in [-0.05, 0) is 57.2 Å². The van der Waals surface area contributed by atoms with Crippen LogP contribution in [0.4, 0.5) is 5.69 Å². The number of ether oxygens (including phenoxy) is 2. The molecule has 0 fully saturated rings. The summed E-state index contributed by atoms with van der Waals surface area (Å²) in [6.45, 7) is 6.07. The Labute approximate surface area is 187 Å². The molecule has 0 spiro atoms. The van der Waals surface area contributed by atoms with Gasteiger partial charge in [-0.2, -0.15) is 0 Å². The molecule has 0 radical (unpaired) electrons. The maximum Gasteiger partial charge on any atom is 0.237 e. The molecule has 0 aliphatic rings. The summed E-state index contributed by atoms with van der Waals surface area (Å²) in [5, 5.41) is 9.40. The molecule has 1 aromatic heterocycles. The number of anilines is 1. The summed E-state index contributed by atoms with van der Waals surface area (Å²) in [6, 6.07) is 17.1. The van der Waals surface area contributed by atoms with Crippen LogP contribution in [0.25, 0.3) is 0 Å². The van der Waals surface area contributed by atoms with E-state index in [9.17, 15) is 4.79 Å². The summed E-state index contributed by atoms with van der Waals surface area (Å²) in [7, 11) is 3.41. The highest BCUT2D eigenvalue weighted by atomic mass is 32.2. The molecule has 1 amide bonds. The van der Waals surface area contributed by atoms with Gasteiger partial charge in [-0.3, -0.25) is 4.79 Å². The van der Waals surface area contributed by atoms with Crippen LogP contribution >= 0.6 is 11.8 Å². The van der Waals surface area contributed by atoms with Crippen LogP contribution in [-0.4, -0.2) is 40.6 Å². The lowest BCUT2D eigenvalue weighted by Gasteiger charge is -2.20. The number of rotatable bonds is 9. The smallest absolute Gasteiger partial charge is 0.237 e. The molecule has 0 aliphatic heterocycles. The second-order valence-electron chi connectivity index (χ2n) is 7.32. The Morgan fingerprint density at radius 2 is 1.68 bits per heavy atom. The number of aromatic nitrogens is 3. The summed E-state index contributed by atoms with van der Waals surface area (Å²) in [6.07, 6.45) is -0.305. The van der Waals surface area contributed by atoms with E-state index < -0.39 is 0 Å². The number of thioether (sulfide) groups is 1. The molecule has 7 nitrogen and oxygen atoms in total. The van der Waals surface area contributed by atoms with Gasteiger partial charge in [-0.1, -0.05) is 30.0 Å². The third-order valence-electron chi connectivity index (χ3n) is 4.79. The highest BCUT2D eigenvalue weighted by molar-refractivity contribution is 7.99. The van der Waals surface area contributed by atoms with Crippen molar-refractivity contribution in [2.75, 3.05) is 24.8 Å². The normalized spacial score (nSPS) is 11.9. The highest BCUT2D eigenvalue weighted by Gasteiger charge is 2.22. The predicted molar refractivity (Wildman–Crippen MR) is 123 cm³/mol. The van der Waals surface area contributed by atoms with Crippen LogP contribution in [0.3, 0.4) is 0 Å². The van der Waals surface area contributed by atoms with Gasteiger partial charge >= 0.3 is 0 Å². The van der Waals surface area contributed by atoms with Gasteiger partial charge in [0.25, 0.3) is 0 Å². The Bertz CT molecular complexity index is 990. The third-order valence-corrected chi connectivity index (χ3v) is 5.71. The van der Waals surface area contributed by atoms with E-state index >= 15 is 0 Å². The van der Waals surface area contributed by atoms with Crippen molar-refractivity contribution in [2.45, 2.75) is 38.1 Å². The lowest BCUT2D eigenvalue weighted by Crippen LogP contribution is -2.28. The molecule has 0 aliphatic carbocycles. The average Bonchev–Trinajstić information content (AvgIpc) is 3.22. The average molecular weight is 441 g/mol. The minimum absolute atomic E-state index is 0.00131. The molecule has 2 aromatic carbocycles. The van der Waals surface area contributed by atoms with E-state index in [1.54, 1.807) is 19.1 Å². The van der Waals surface area contributed by atoms with Crippen LogP contribution in [0.15, 0.2) is 59.8 Å². The number of carbonyl (C=O) groups excluding carboxylic acids is 1. The van der Waals surface area contributed by atoms with E-state index in [1.165, 1.54) is 11.8 Å². The molecule has 1 atom stereocenters. The van der Waals surface area contributed by atoms with Crippen molar-refractivity contribution >= 4 is 23.4 Å². The Morgan fingerprint density at radius 1 is 1.03 bits per heavy atom. The van der Waals surface area contributed by atoms with Crippen LogP contribution < -0.4 is 14.4 Å². The number of nitrogens with zero attached hydrogens (tertiary/aromatic N) is 4. The van der Waals surface area contributed by atoms with Gasteiger partial charge in [0.2, 0.25) is 5.91 Å². The number of methoxy groups -OCH3 is 1. The fourth-order valence-electron chi connectivity index (χ4n) is 3.08. The number of amides is 1. The number of carbonyl (C=O) groups is 1. The maximum atomic E-state index is 12.6. The number of hydrogen-bond donors (Lipinski definition) is 0. The molecule has 0 N–H and O–H groups in total. The Kier molecular flexibility index (Phi) is 7.57. The van der Waals surface area contributed by atoms with Crippen molar-refractivity contribution in [3.63, 3.8) is 0 Å². The third kappa shape index (κ3) is 5.58. The fourth-order valence-corrected chi connectivity index (χ4v) is 4.07. The maximum absolute atomic E-state index is 12.6. The van der Waals surface area contributed by atoms with E-state index in [1.807, 2.05) is 66.1 Å². The van der Waals surface area contributed by atoms with Crippen LogP contribution in [0.5, 0.6) is 11.5 Å². The van der Waals surface area contributed by atoms with Crippen LogP contribution in [0.1, 0.15) is 38.7 Å². The number of para-hydroxylation sites is 1. The van der Waals surface area contributed by atoms with Gasteiger partial charge < -0.3 is 18.9 Å². The molecule has 164 valence electrons. The van der Waals surface area contributed by atoms with Gasteiger partial charge in [0.1, 0.15) is 11.5 Å². The van der Waals surface area contributed by atoms with E-state index in [4.69, 9.17) is 9.47 Å². The topological polar surface area (TPSA) is 69.5 Å². The van der Waals surface area contributed by atoms with E-state index in [2.05, 4.69) is 24.0 Å². The second-order valence-corrected chi connectivity index (χ2v) is 8.26. The molecular weight excluding hydrogens is 412 g/mol. The molecular formula is C23H28N4O3S. The van der Waals surface area contributed by atoms with Gasteiger partial charge in [0, 0.05) is 18.8 Å². The molecule has 1 heterocycles.